The number of nitrogens with one attached hydrogen (secondary N) is 1. The first-order chi connectivity index (χ1) is 17.6. The van der Waals surface area contributed by atoms with Crippen molar-refractivity contribution in [3.63, 3.8) is 0 Å². The van der Waals surface area contributed by atoms with E-state index in [1.807, 2.05) is 48.5 Å². The van der Waals surface area contributed by atoms with Crippen LogP contribution < -0.4 is 10.1 Å². The van der Waals surface area contributed by atoms with Crippen LogP contribution in [0, 0.1) is 5.92 Å². The monoisotopic (exact) mass is 489 g/mol. The zero-order chi connectivity index (χ0) is 25.1. The van der Waals surface area contributed by atoms with Crippen LogP contribution in [0.15, 0.2) is 48.5 Å². The van der Waals surface area contributed by atoms with E-state index in [4.69, 9.17) is 9.47 Å². The van der Waals surface area contributed by atoms with E-state index in [1.54, 1.807) is 16.7 Å². The normalized spacial score (nSPS) is 17.9. The first-order valence-electron chi connectivity index (χ1n) is 12.4. The summed E-state index contributed by atoms with van der Waals surface area (Å²) < 4.78 is 13.0. The smallest absolute Gasteiger partial charge is 0.276 e. The van der Waals surface area contributed by atoms with Crippen LogP contribution in [0.1, 0.15) is 53.2 Å². The maximum Gasteiger partial charge on any atom is 0.276 e. The van der Waals surface area contributed by atoms with Crippen molar-refractivity contribution in [2.24, 2.45) is 5.92 Å². The predicted octanol–water partition coefficient (Wildman–Crippen LogP) is 3.61. The molecule has 5 rings (SSSR count). The average molecular weight is 490 g/mol. The molecule has 9 heteroatoms. The minimum absolute atomic E-state index is 0.00867. The summed E-state index contributed by atoms with van der Waals surface area (Å²) >= 11 is 0. The van der Waals surface area contributed by atoms with Crippen molar-refractivity contribution >= 4 is 17.5 Å². The number of aryl methyl sites for hydroxylation is 1. The molecule has 1 saturated heterocycles. The minimum Gasteiger partial charge on any atom is -0.497 e. The van der Waals surface area contributed by atoms with Gasteiger partial charge in [0.05, 0.1) is 26.0 Å². The Morgan fingerprint density at radius 1 is 1.14 bits per heavy atom. The molecule has 2 aliphatic heterocycles. The third kappa shape index (κ3) is 4.97. The Kier molecular flexibility index (Phi) is 6.99. The number of likely N-dealkylation sites (tertiary alicyclic amines) is 1. The quantitative estimate of drug-likeness (QED) is 0.568. The molecule has 1 aromatic heterocycles. The minimum atomic E-state index is -0.166. The molecule has 1 fully saturated rings. The number of fused-ring (bicyclic) bond motifs is 1. The summed E-state index contributed by atoms with van der Waals surface area (Å²) in [4.78, 5) is 27.8. The van der Waals surface area contributed by atoms with Gasteiger partial charge in [0.1, 0.15) is 11.9 Å². The third-order valence-corrected chi connectivity index (χ3v) is 7.04. The van der Waals surface area contributed by atoms with Gasteiger partial charge in [0.15, 0.2) is 5.69 Å². The molecule has 2 amide bonds. The second-order valence-corrected chi connectivity index (χ2v) is 9.25. The fourth-order valence-corrected chi connectivity index (χ4v) is 4.81. The number of benzene rings is 2. The van der Waals surface area contributed by atoms with Crippen LogP contribution in [0.2, 0.25) is 0 Å². The molecule has 2 aliphatic rings. The summed E-state index contributed by atoms with van der Waals surface area (Å²) in [5.74, 6) is 0.518. The van der Waals surface area contributed by atoms with Crippen LogP contribution in [0.3, 0.4) is 0 Å². The molecular weight excluding hydrogens is 458 g/mol. The first-order valence-corrected chi connectivity index (χ1v) is 12.4. The highest BCUT2D eigenvalue weighted by Crippen LogP contribution is 2.29. The van der Waals surface area contributed by atoms with Crippen molar-refractivity contribution in [1.82, 2.24) is 19.9 Å². The standard InChI is InChI=1S/C27H31N5O4/c1-3-18-5-4-6-21(15-18)28-26(33)20-11-13-31(14-12-20)27(34)25-23-17-36-24(16-32(23)30-29-25)19-7-9-22(35-2)10-8-19/h4-10,15,20,24H,3,11-14,16-17H2,1-2H3,(H,28,33)/t24-/m1/s1. The van der Waals surface area contributed by atoms with E-state index in [2.05, 4.69) is 22.6 Å². The fourth-order valence-electron chi connectivity index (χ4n) is 4.81. The van der Waals surface area contributed by atoms with Gasteiger partial charge in [0, 0.05) is 24.7 Å². The van der Waals surface area contributed by atoms with Crippen molar-refractivity contribution < 1.29 is 19.1 Å². The lowest BCUT2D eigenvalue weighted by molar-refractivity contribution is -0.121. The molecule has 0 bridgehead atoms. The number of methoxy groups -OCH3 is 1. The highest BCUT2D eigenvalue weighted by Gasteiger charge is 2.33. The summed E-state index contributed by atoms with van der Waals surface area (Å²) in [6, 6.07) is 15.7. The van der Waals surface area contributed by atoms with Gasteiger partial charge in [-0.3, -0.25) is 9.59 Å². The van der Waals surface area contributed by atoms with Crippen molar-refractivity contribution in [2.75, 3.05) is 25.5 Å². The Hall–Kier alpha value is -3.72. The van der Waals surface area contributed by atoms with Crippen LogP contribution in [0.25, 0.3) is 0 Å². The fraction of sp³-hybridized carbons (Fsp3) is 0.407. The number of anilines is 1. The molecule has 3 aromatic rings. The number of carbonyl (C=O) groups is 2. The van der Waals surface area contributed by atoms with Gasteiger partial charge in [-0.15, -0.1) is 5.10 Å². The summed E-state index contributed by atoms with van der Waals surface area (Å²) in [5, 5.41) is 11.5. The molecule has 2 aromatic carbocycles. The van der Waals surface area contributed by atoms with Gasteiger partial charge in [-0.2, -0.15) is 0 Å². The molecule has 0 spiro atoms. The summed E-state index contributed by atoms with van der Waals surface area (Å²) in [6.07, 6.45) is 1.99. The molecular formula is C27H31N5O4. The number of carbonyl (C=O) groups excluding carboxylic acids is 2. The van der Waals surface area contributed by atoms with Crippen LogP contribution in [-0.2, 0) is 29.1 Å². The van der Waals surface area contributed by atoms with Gasteiger partial charge in [-0.05, 0) is 54.7 Å². The van der Waals surface area contributed by atoms with E-state index < -0.39 is 0 Å². The number of amides is 2. The van der Waals surface area contributed by atoms with Gasteiger partial charge in [-0.1, -0.05) is 36.4 Å². The van der Waals surface area contributed by atoms with Crippen LogP contribution in [0.4, 0.5) is 5.69 Å². The molecule has 0 saturated carbocycles. The third-order valence-electron chi connectivity index (χ3n) is 7.04. The second kappa shape index (κ2) is 10.5. The van der Waals surface area contributed by atoms with Gasteiger partial charge < -0.3 is 19.7 Å². The number of ether oxygens (including phenoxy) is 2. The Morgan fingerprint density at radius 3 is 2.64 bits per heavy atom. The first kappa shape index (κ1) is 24.0. The summed E-state index contributed by atoms with van der Waals surface area (Å²) in [5.41, 5.74) is 4.06. The Morgan fingerprint density at radius 2 is 1.92 bits per heavy atom. The number of rotatable bonds is 6. The van der Waals surface area contributed by atoms with Crippen molar-refractivity contribution in [2.45, 2.75) is 45.4 Å². The van der Waals surface area contributed by atoms with Crippen LogP contribution >= 0.6 is 0 Å². The largest absolute Gasteiger partial charge is 0.497 e. The van der Waals surface area contributed by atoms with Crippen LogP contribution in [0.5, 0.6) is 5.75 Å². The average Bonchev–Trinajstić information content (AvgIpc) is 3.36. The molecule has 0 unspecified atom stereocenters. The Labute approximate surface area is 210 Å². The maximum absolute atomic E-state index is 13.2. The van der Waals surface area contributed by atoms with E-state index in [0.717, 1.165) is 23.4 Å². The number of hydrogen-bond acceptors (Lipinski definition) is 6. The maximum atomic E-state index is 13.2. The van der Waals surface area contributed by atoms with Crippen molar-refractivity contribution in [3.8, 4) is 5.75 Å². The lowest BCUT2D eigenvalue weighted by Gasteiger charge is -2.31. The molecule has 0 aliphatic carbocycles. The molecule has 0 radical (unpaired) electrons. The molecule has 1 atom stereocenters. The van der Waals surface area contributed by atoms with E-state index in [1.165, 1.54) is 5.56 Å². The van der Waals surface area contributed by atoms with Crippen LogP contribution in [-0.4, -0.2) is 51.9 Å². The zero-order valence-corrected chi connectivity index (χ0v) is 20.6. The highest BCUT2D eigenvalue weighted by molar-refractivity contribution is 5.94. The number of nitrogens with zero attached hydrogens (tertiary/aromatic N) is 4. The Bertz CT molecular complexity index is 1230. The second-order valence-electron chi connectivity index (χ2n) is 9.25. The topological polar surface area (TPSA) is 98.6 Å². The van der Waals surface area contributed by atoms with E-state index in [0.29, 0.717) is 43.9 Å². The van der Waals surface area contributed by atoms with Crippen molar-refractivity contribution in [3.05, 3.63) is 71.0 Å². The van der Waals surface area contributed by atoms with Gasteiger partial charge >= 0.3 is 0 Å². The van der Waals surface area contributed by atoms with Gasteiger partial charge in [-0.25, -0.2) is 4.68 Å². The summed E-state index contributed by atoms with van der Waals surface area (Å²) in [7, 11) is 1.64. The SMILES string of the molecule is CCc1cccc(NC(=O)C2CCN(C(=O)c3nnn4c3CO[C@@H](c3ccc(OC)cc3)C4)CC2)c1. The molecule has 1 N–H and O–H groups in total. The lowest BCUT2D eigenvalue weighted by Crippen LogP contribution is -2.42. The van der Waals surface area contributed by atoms with E-state index in [-0.39, 0.29) is 30.4 Å². The molecule has 9 nitrogen and oxygen atoms in total. The van der Waals surface area contributed by atoms with E-state index >= 15 is 0 Å². The highest BCUT2D eigenvalue weighted by atomic mass is 16.5. The van der Waals surface area contributed by atoms with Gasteiger partial charge in [0.2, 0.25) is 5.91 Å². The zero-order valence-electron chi connectivity index (χ0n) is 20.6. The molecule has 188 valence electrons. The molecule has 3 heterocycles. The number of hydrogen-bond donors (Lipinski definition) is 1. The van der Waals surface area contributed by atoms with Gasteiger partial charge in [0.25, 0.3) is 5.91 Å². The lowest BCUT2D eigenvalue weighted by atomic mass is 9.95. The van der Waals surface area contributed by atoms with Crippen molar-refractivity contribution in [1.29, 1.82) is 0 Å². The number of piperidine rings is 1. The number of aromatic nitrogens is 3. The molecule has 36 heavy (non-hydrogen) atoms. The Balaban J connectivity index is 1.18. The van der Waals surface area contributed by atoms with E-state index in [9.17, 15) is 9.59 Å². The predicted molar refractivity (Wildman–Crippen MR) is 134 cm³/mol. The summed E-state index contributed by atoms with van der Waals surface area (Å²) in [6.45, 7) is 3.86.